The molecule has 1 N–H and O–H groups in total. The summed E-state index contributed by atoms with van der Waals surface area (Å²) in [6, 6.07) is 18.7. The van der Waals surface area contributed by atoms with Crippen molar-refractivity contribution in [2.75, 3.05) is 13.1 Å². The van der Waals surface area contributed by atoms with E-state index in [1.165, 1.54) is 16.3 Å². The zero-order chi connectivity index (χ0) is 19.3. The molecule has 4 nitrogen and oxygen atoms in total. The summed E-state index contributed by atoms with van der Waals surface area (Å²) in [5.41, 5.74) is 2.11. The van der Waals surface area contributed by atoms with Crippen LogP contribution in [-0.2, 0) is 17.8 Å². The molecule has 0 spiro atoms. The summed E-state index contributed by atoms with van der Waals surface area (Å²) in [5.74, 6) is 0.121. The van der Waals surface area contributed by atoms with Crippen LogP contribution in [0.3, 0.4) is 0 Å². The highest BCUT2D eigenvalue weighted by atomic mass is 32.1. The van der Waals surface area contributed by atoms with Crippen molar-refractivity contribution in [3.05, 3.63) is 78.1 Å². The number of thiol groups is 1. The smallest absolute Gasteiger partial charge is 0.227 e. The summed E-state index contributed by atoms with van der Waals surface area (Å²) in [6.07, 6.45) is 4.90. The summed E-state index contributed by atoms with van der Waals surface area (Å²) < 4.78 is 0. The van der Waals surface area contributed by atoms with E-state index in [4.69, 9.17) is 12.6 Å². The second-order valence-corrected chi connectivity index (χ2v) is 8.03. The number of fused-ring (bicyclic) bond motifs is 1. The first-order chi connectivity index (χ1) is 13.7. The minimum atomic E-state index is 0.121. The molecule has 28 heavy (non-hydrogen) atoms. The number of hydrogen-bond acceptors (Lipinski definition) is 4. The van der Waals surface area contributed by atoms with Crippen LogP contribution < -0.4 is 5.32 Å². The predicted molar refractivity (Wildman–Crippen MR) is 116 cm³/mol. The monoisotopic (exact) mass is 391 g/mol. The molecule has 1 fully saturated rings. The molecule has 3 aromatic rings. The van der Waals surface area contributed by atoms with E-state index in [1.54, 1.807) is 12.4 Å². The molecular weight excluding hydrogens is 366 g/mol. The highest BCUT2D eigenvalue weighted by Crippen LogP contribution is 2.22. The minimum absolute atomic E-state index is 0.121. The van der Waals surface area contributed by atoms with Crippen molar-refractivity contribution in [3.63, 3.8) is 0 Å². The molecule has 5 heteroatoms. The second kappa shape index (κ2) is 8.76. The van der Waals surface area contributed by atoms with Gasteiger partial charge in [0, 0.05) is 36.8 Å². The summed E-state index contributed by atoms with van der Waals surface area (Å²) in [6.45, 7) is 2.22. The molecule has 2 aromatic carbocycles. The van der Waals surface area contributed by atoms with Gasteiger partial charge in [-0.15, -0.1) is 0 Å². The fraction of sp³-hybridized carbons (Fsp3) is 0.304. The number of amides is 1. The van der Waals surface area contributed by atoms with Crippen LogP contribution in [0.2, 0.25) is 0 Å². The van der Waals surface area contributed by atoms with E-state index < -0.39 is 0 Å². The van der Waals surface area contributed by atoms with Crippen LogP contribution in [0.15, 0.2) is 67.0 Å². The normalized spacial score (nSPS) is 19.0. The summed E-state index contributed by atoms with van der Waals surface area (Å²) in [4.78, 5) is 19.3. The minimum Gasteiger partial charge on any atom is -0.336 e. The number of benzene rings is 2. The van der Waals surface area contributed by atoms with Crippen LogP contribution in [-0.4, -0.2) is 40.2 Å². The molecule has 0 saturated carbocycles. The van der Waals surface area contributed by atoms with Crippen LogP contribution >= 0.6 is 12.6 Å². The predicted octanol–water partition coefficient (Wildman–Crippen LogP) is 3.47. The second-order valence-electron chi connectivity index (χ2n) is 7.37. The third kappa shape index (κ3) is 4.37. The number of rotatable bonds is 6. The molecule has 0 aliphatic carbocycles. The quantitative estimate of drug-likeness (QED) is 0.633. The van der Waals surface area contributed by atoms with Gasteiger partial charge in [0.25, 0.3) is 0 Å². The van der Waals surface area contributed by atoms with Crippen LogP contribution in [0.1, 0.15) is 17.5 Å². The van der Waals surface area contributed by atoms with Crippen molar-refractivity contribution in [1.82, 2.24) is 15.2 Å². The molecule has 0 radical (unpaired) electrons. The van der Waals surface area contributed by atoms with E-state index >= 15 is 0 Å². The van der Waals surface area contributed by atoms with Gasteiger partial charge in [0.2, 0.25) is 5.91 Å². The first-order valence-electron chi connectivity index (χ1n) is 9.75. The van der Waals surface area contributed by atoms with Gasteiger partial charge in [-0.05, 0) is 40.9 Å². The van der Waals surface area contributed by atoms with Gasteiger partial charge in [-0.25, -0.2) is 0 Å². The van der Waals surface area contributed by atoms with Gasteiger partial charge in [-0.2, -0.15) is 12.6 Å². The number of carbonyl (C=O) groups excluding carboxylic acids is 1. The summed E-state index contributed by atoms with van der Waals surface area (Å²) >= 11 is 4.70. The number of nitrogens with zero attached hydrogens (tertiary/aromatic N) is 2. The molecule has 1 amide bonds. The van der Waals surface area contributed by atoms with Crippen molar-refractivity contribution in [2.45, 2.75) is 30.7 Å². The van der Waals surface area contributed by atoms with Gasteiger partial charge in [0.1, 0.15) is 0 Å². The van der Waals surface area contributed by atoms with Crippen molar-refractivity contribution in [2.24, 2.45) is 0 Å². The Balaban J connectivity index is 1.59. The molecule has 0 bridgehead atoms. The lowest BCUT2D eigenvalue weighted by molar-refractivity contribution is -0.131. The molecule has 2 atom stereocenters. The average molecular weight is 392 g/mol. The van der Waals surface area contributed by atoms with Gasteiger partial charge in [-0.1, -0.05) is 48.5 Å². The third-order valence-electron chi connectivity index (χ3n) is 5.40. The highest BCUT2D eigenvalue weighted by Gasteiger charge is 2.28. The van der Waals surface area contributed by atoms with E-state index in [2.05, 4.69) is 46.7 Å². The van der Waals surface area contributed by atoms with Crippen molar-refractivity contribution < 1.29 is 4.79 Å². The number of hydrogen-bond donors (Lipinski definition) is 2. The molecular formula is C23H25N3OS. The summed E-state index contributed by atoms with van der Waals surface area (Å²) in [7, 11) is 0. The van der Waals surface area contributed by atoms with E-state index in [1.807, 2.05) is 23.1 Å². The van der Waals surface area contributed by atoms with Crippen LogP contribution in [0, 0.1) is 0 Å². The Morgan fingerprint density at radius 3 is 2.79 bits per heavy atom. The Hall–Kier alpha value is -2.37. The van der Waals surface area contributed by atoms with E-state index in [0.717, 1.165) is 18.5 Å². The lowest BCUT2D eigenvalue weighted by Gasteiger charge is -2.28. The molecule has 0 unspecified atom stereocenters. The Morgan fingerprint density at radius 2 is 2.00 bits per heavy atom. The Morgan fingerprint density at radius 1 is 1.14 bits per heavy atom. The van der Waals surface area contributed by atoms with Crippen molar-refractivity contribution >= 4 is 29.3 Å². The van der Waals surface area contributed by atoms with Gasteiger partial charge < -0.3 is 10.2 Å². The van der Waals surface area contributed by atoms with Crippen molar-refractivity contribution in [1.29, 1.82) is 0 Å². The van der Waals surface area contributed by atoms with Gasteiger partial charge in [-0.3, -0.25) is 9.78 Å². The molecule has 2 heterocycles. The molecule has 4 rings (SSSR count). The third-order valence-corrected chi connectivity index (χ3v) is 6.02. The van der Waals surface area contributed by atoms with E-state index in [-0.39, 0.29) is 17.2 Å². The van der Waals surface area contributed by atoms with Gasteiger partial charge >= 0.3 is 0 Å². The maximum Gasteiger partial charge on any atom is 0.227 e. The topological polar surface area (TPSA) is 45.2 Å². The maximum absolute atomic E-state index is 13.2. The zero-order valence-corrected chi connectivity index (χ0v) is 16.7. The highest BCUT2D eigenvalue weighted by molar-refractivity contribution is 7.81. The fourth-order valence-electron chi connectivity index (χ4n) is 3.86. The maximum atomic E-state index is 13.2. The van der Waals surface area contributed by atoms with Crippen LogP contribution in [0.25, 0.3) is 10.8 Å². The first kappa shape index (κ1) is 19.0. The van der Waals surface area contributed by atoms with E-state index in [9.17, 15) is 4.79 Å². The molecule has 1 saturated heterocycles. The first-order valence-corrected chi connectivity index (χ1v) is 10.3. The molecule has 1 aromatic heterocycles. The van der Waals surface area contributed by atoms with Gasteiger partial charge in [0.05, 0.1) is 6.42 Å². The van der Waals surface area contributed by atoms with Gasteiger partial charge in [0.15, 0.2) is 0 Å². The molecule has 1 aliphatic heterocycles. The molecule has 1 aliphatic rings. The Labute approximate surface area is 171 Å². The molecule has 144 valence electrons. The number of aromatic nitrogens is 1. The largest absolute Gasteiger partial charge is 0.336 e. The number of carbonyl (C=O) groups is 1. The van der Waals surface area contributed by atoms with Crippen LogP contribution in [0.5, 0.6) is 0 Å². The Kier molecular flexibility index (Phi) is 5.93. The number of nitrogens with one attached hydrogen (secondary N) is 1. The zero-order valence-electron chi connectivity index (χ0n) is 15.8. The lowest BCUT2D eigenvalue weighted by atomic mass is 10.0. The Bertz CT molecular complexity index is 941. The van der Waals surface area contributed by atoms with E-state index in [0.29, 0.717) is 19.5 Å². The lowest BCUT2D eigenvalue weighted by Crippen LogP contribution is -2.44. The summed E-state index contributed by atoms with van der Waals surface area (Å²) in [5, 5.41) is 6.17. The standard InChI is InChI=1S/C23H25N3OS/c27-23(13-17-5-4-11-24-14-17)26(16-21-22(28)10-12-25-21)15-19-8-3-7-18-6-1-2-9-20(18)19/h1-9,11,14,21-22,25,28H,10,12-13,15-16H2/t21-,22-/m1/s1. The average Bonchev–Trinajstić information content (AvgIpc) is 3.13. The number of pyridine rings is 1. The van der Waals surface area contributed by atoms with Crippen molar-refractivity contribution in [3.8, 4) is 0 Å². The van der Waals surface area contributed by atoms with Crippen LogP contribution in [0.4, 0.5) is 0 Å². The fourth-order valence-corrected chi connectivity index (χ4v) is 4.19. The SMILES string of the molecule is O=C(Cc1cccnc1)N(Cc1cccc2ccccc12)C[C@H]1NCC[C@H]1S.